The molecule has 74 valence electrons. The quantitative estimate of drug-likeness (QED) is 0.666. The van der Waals surface area contributed by atoms with Gasteiger partial charge in [0.2, 0.25) is 0 Å². The highest BCUT2D eigenvalue weighted by molar-refractivity contribution is 5.80. The fraction of sp³-hybridized carbons (Fsp3) is 0.182. The molecule has 0 amide bonds. The van der Waals surface area contributed by atoms with Crippen LogP contribution in [0.3, 0.4) is 0 Å². The number of carboxylic acids is 1. The Morgan fingerprint density at radius 2 is 2.43 bits per heavy atom. The average Bonchev–Trinajstić information content (AvgIpc) is 2.16. The summed E-state index contributed by atoms with van der Waals surface area (Å²) in [5.41, 5.74) is 0.552. The Labute approximate surface area is 83.1 Å². The van der Waals surface area contributed by atoms with E-state index in [4.69, 9.17) is 5.11 Å². The van der Waals surface area contributed by atoms with Gasteiger partial charge in [0.15, 0.2) is 0 Å². The summed E-state index contributed by atoms with van der Waals surface area (Å²) in [4.78, 5) is 10.3. The van der Waals surface area contributed by atoms with E-state index in [1.807, 2.05) is 19.1 Å². The number of allylic oxidation sites excluding steroid dienone is 3. The van der Waals surface area contributed by atoms with Crippen molar-refractivity contribution in [2.45, 2.75) is 12.5 Å². The predicted octanol–water partition coefficient (Wildman–Crippen LogP) is 1.62. The minimum absolute atomic E-state index is 0.426. The maximum absolute atomic E-state index is 10.3. The smallest absolute Gasteiger partial charge is 0.328 e. The number of nitrogens with one attached hydrogen (secondary N) is 1. The number of hydrogen-bond donors (Lipinski definition) is 2. The first kappa shape index (κ1) is 10.3. The SMILES string of the molecule is C=CC1=CNC(C)(C=CC(=O)O)C=C1. The molecule has 1 aliphatic heterocycles. The molecule has 1 unspecified atom stereocenters. The van der Waals surface area contributed by atoms with E-state index in [0.717, 1.165) is 11.6 Å². The van der Waals surface area contributed by atoms with Crippen LogP contribution < -0.4 is 5.32 Å². The van der Waals surface area contributed by atoms with Gasteiger partial charge in [-0.25, -0.2) is 4.79 Å². The summed E-state index contributed by atoms with van der Waals surface area (Å²) in [5.74, 6) is -0.945. The van der Waals surface area contributed by atoms with Crippen LogP contribution in [0.1, 0.15) is 6.92 Å². The number of aliphatic carboxylic acids is 1. The largest absolute Gasteiger partial charge is 0.478 e. The Morgan fingerprint density at radius 3 is 2.86 bits per heavy atom. The van der Waals surface area contributed by atoms with Crippen LogP contribution in [0.2, 0.25) is 0 Å². The lowest BCUT2D eigenvalue weighted by atomic mass is 9.97. The van der Waals surface area contributed by atoms with Gasteiger partial charge >= 0.3 is 5.97 Å². The molecule has 0 spiro atoms. The van der Waals surface area contributed by atoms with Crippen LogP contribution >= 0.6 is 0 Å². The van der Waals surface area contributed by atoms with Crippen LogP contribution in [-0.2, 0) is 4.79 Å². The third kappa shape index (κ3) is 2.62. The van der Waals surface area contributed by atoms with E-state index >= 15 is 0 Å². The summed E-state index contributed by atoms with van der Waals surface area (Å²) in [6, 6.07) is 0. The van der Waals surface area contributed by atoms with Crippen molar-refractivity contribution in [2.24, 2.45) is 0 Å². The molecule has 3 nitrogen and oxygen atoms in total. The topological polar surface area (TPSA) is 49.3 Å². The van der Waals surface area contributed by atoms with Crippen molar-refractivity contribution in [1.82, 2.24) is 5.32 Å². The monoisotopic (exact) mass is 191 g/mol. The maximum Gasteiger partial charge on any atom is 0.328 e. The molecule has 14 heavy (non-hydrogen) atoms. The summed E-state index contributed by atoms with van der Waals surface area (Å²) in [5, 5.41) is 11.6. The van der Waals surface area contributed by atoms with E-state index in [1.165, 1.54) is 0 Å². The fourth-order valence-corrected chi connectivity index (χ4v) is 1.08. The first-order valence-corrected chi connectivity index (χ1v) is 4.27. The summed E-state index contributed by atoms with van der Waals surface area (Å²) in [6.45, 7) is 5.52. The molecule has 0 aromatic carbocycles. The minimum Gasteiger partial charge on any atom is -0.478 e. The standard InChI is InChI=1S/C11H13NO2/c1-3-9-4-6-11(2,12-8-9)7-5-10(13)14/h3-8,12H,1H2,2H3,(H,13,14). The van der Waals surface area contributed by atoms with E-state index in [-0.39, 0.29) is 0 Å². The van der Waals surface area contributed by atoms with E-state index in [0.29, 0.717) is 0 Å². The van der Waals surface area contributed by atoms with Gasteiger partial charge in [-0.1, -0.05) is 24.8 Å². The molecule has 2 N–H and O–H groups in total. The third-order valence-corrected chi connectivity index (χ3v) is 1.98. The Kier molecular flexibility index (Phi) is 2.92. The number of dihydropyridines is 1. The fourth-order valence-electron chi connectivity index (χ4n) is 1.08. The van der Waals surface area contributed by atoms with Gasteiger partial charge in [-0.2, -0.15) is 0 Å². The normalized spacial score (nSPS) is 25.6. The zero-order chi connectivity index (χ0) is 10.6. The summed E-state index contributed by atoms with van der Waals surface area (Å²) in [7, 11) is 0. The van der Waals surface area contributed by atoms with Crippen LogP contribution in [0, 0.1) is 0 Å². The van der Waals surface area contributed by atoms with E-state index in [1.54, 1.807) is 18.4 Å². The van der Waals surface area contributed by atoms with Crippen molar-refractivity contribution in [3.63, 3.8) is 0 Å². The molecule has 1 rings (SSSR count). The van der Waals surface area contributed by atoms with Crippen LogP contribution in [0.25, 0.3) is 0 Å². The average molecular weight is 191 g/mol. The Bertz CT molecular complexity index is 339. The summed E-state index contributed by atoms with van der Waals surface area (Å²) < 4.78 is 0. The second-order valence-corrected chi connectivity index (χ2v) is 3.28. The molecule has 0 saturated carbocycles. The maximum atomic E-state index is 10.3. The predicted molar refractivity (Wildman–Crippen MR) is 55.7 cm³/mol. The van der Waals surface area contributed by atoms with Crippen molar-refractivity contribution in [3.05, 3.63) is 48.7 Å². The molecular weight excluding hydrogens is 178 g/mol. The number of carboxylic acid groups (broad SMARTS) is 1. The van der Waals surface area contributed by atoms with Crippen LogP contribution in [0.4, 0.5) is 0 Å². The summed E-state index contributed by atoms with van der Waals surface area (Å²) in [6.07, 6.45) is 10.1. The van der Waals surface area contributed by atoms with Gasteiger partial charge in [0.1, 0.15) is 0 Å². The molecule has 0 aliphatic carbocycles. The molecule has 1 heterocycles. The van der Waals surface area contributed by atoms with E-state index in [2.05, 4.69) is 11.9 Å². The first-order valence-electron chi connectivity index (χ1n) is 4.27. The zero-order valence-electron chi connectivity index (χ0n) is 8.03. The van der Waals surface area contributed by atoms with Gasteiger partial charge < -0.3 is 10.4 Å². The molecule has 0 bridgehead atoms. The Balaban J connectivity index is 2.73. The van der Waals surface area contributed by atoms with Crippen molar-refractivity contribution in [1.29, 1.82) is 0 Å². The van der Waals surface area contributed by atoms with Gasteiger partial charge in [-0.3, -0.25) is 0 Å². The van der Waals surface area contributed by atoms with Crippen molar-refractivity contribution in [3.8, 4) is 0 Å². The lowest BCUT2D eigenvalue weighted by Crippen LogP contribution is -2.36. The van der Waals surface area contributed by atoms with E-state index in [9.17, 15) is 4.79 Å². The van der Waals surface area contributed by atoms with Crippen LogP contribution in [0.5, 0.6) is 0 Å². The van der Waals surface area contributed by atoms with Crippen LogP contribution in [0.15, 0.2) is 48.7 Å². The number of carbonyl (C=O) groups is 1. The highest BCUT2D eigenvalue weighted by Crippen LogP contribution is 2.15. The van der Waals surface area contributed by atoms with Gasteiger partial charge in [-0.05, 0) is 18.6 Å². The summed E-state index contributed by atoms with van der Waals surface area (Å²) >= 11 is 0. The highest BCUT2D eigenvalue weighted by Gasteiger charge is 2.17. The van der Waals surface area contributed by atoms with Gasteiger partial charge in [0.05, 0.1) is 5.54 Å². The first-order chi connectivity index (χ1) is 6.56. The van der Waals surface area contributed by atoms with Gasteiger partial charge in [0, 0.05) is 12.3 Å². The van der Waals surface area contributed by atoms with Crippen LogP contribution in [-0.4, -0.2) is 16.6 Å². The number of hydrogen-bond acceptors (Lipinski definition) is 2. The Hall–Kier alpha value is -1.77. The van der Waals surface area contributed by atoms with Crippen molar-refractivity contribution >= 4 is 5.97 Å². The van der Waals surface area contributed by atoms with E-state index < -0.39 is 11.5 Å². The highest BCUT2D eigenvalue weighted by atomic mass is 16.4. The molecular formula is C11H13NO2. The van der Waals surface area contributed by atoms with Crippen molar-refractivity contribution < 1.29 is 9.90 Å². The minimum atomic E-state index is -0.945. The molecule has 0 radical (unpaired) electrons. The molecule has 1 aliphatic rings. The van der Waals surface area contributed by atoms with Gasteiger partial charge in [0.25, 0.3) is 0 Å². The Morgan fingerprint density at radius 1 is 1.71 bits per heavy atom. The second-order valence-electron chi connectivity index (χ2n) is 3.28. The molecule has 0 aromatic rings. The molecule has 0 fully saturated rings. The lowest BCUT2D eigenvalue weighted by Gasteiger charge is -2.26. The lowest BCUT2D eigenvalue weighted by molar-refractivity contribution is -0.131. The molecule has 1 atom stereocenters. The second kappa shape index (κ2) is 3.96. The molecule has 0 saturated heterocycles. The molecule has 0 aromatic heterocycles. The third-order valence-electron chi connectivity index (χ3n) is 1.98. The zero-order valence-corrected chi connectivity index (χ0v) is 8.03. The van der Waals surface area contributed by atoms with Crippen molar-refractivity contribution in [2.75, 3.05) is 0 Å². The van der Waals surface area contributed by atoms with Gasteiger partial charge in [-0.15, -0.1) is 0 Å². The molecule has 3 heteroatoms. The number of rotatable bonds is 3.